The van der Waals surface area contributed by atoms with Crippen LogP contribution in [0.1, 0.15) is 14.5 Å². The van der Waals surface area contributed by atoms with E-state index in [1.807, 2.05) is 6.07 Å². The van der Waals surface area contributed by atoms with Crippen LogP contribution in [0.4, 0.5) is 11.4 Å². The largest absolute Gasteiger partial charge is 0.321 e. The second-order valence-electron chi connectivity index (χ2n) is 4.97. The molecule has 2 heterocycles. The minimum Gasteiger partial charge on any atom is -0.321 e. The molecule has 0 spiro atoms. The molecule has 0 aliphatic heterocycles. The van der Waals surface area contributed by atoms with E-state index in [0.29, 0.717) is 16.4 Å². The summed E-state index contributed by atoms with van der Waals surface area (Å²) in [6.07, 6.45) is 0. The Morgan fingerprint density at radius 3 is 2.79 bits per heavy atom. The van der Waals surface area contributed by atoms with Gasteiger partial charge < -0.3 is 5.32 Å². The zero-order valence-electron chi connectivity index (χ0n) is 12.8. The monoisotopic (exact) mass is 344 g/mol. The van der Waals surface area contributed by atoms with Gasteiger partial charge in [0.05, 0.1) is 14.7 Å². The van der Waals surface area contributed by atoms with E-state index < -0.39 is 10.8 Å². The van der Waals surface area contributed by atoms with Crippen LogP contribution in [0, 0.1) is 17.0 Å². The summed E-state index contributed by atoms with van der Waals surface area (Å²) < 4.78 is 1.52. The molecule has 9 nitrogen and oxygen atoms in total. The van der Waals surface area contributed by atoms with Gasteiger partial charge in [0.25, 0.3) is 11.6 Å². The van der Waals surface area contributed by atoms with Crippen LogP contribution in [0.2, 0.25) is 0 Å². The fourth-order valence-corrected chi connectivity index (χ4v) is 3.05. The fraction of sp³-hybridized carbons (Fsp3) is 0.143. The number of aromatic nitrogens is 4. The number of carbonyl (C=O) groups excluding carboxylic acids is 1. The summed E-state index contributed by atoms with van der Waals surface area (Å²) in [5.74, 6) is 0.165. The lowest BCUT2D eigenvalue weighted by molar-refractivity contribution is -0.385. The van der Waals surface area contributed by atoms with Gasteiger partial charge in [-0.25, -0.2) is 4.68 Å². The average molecular weight is 344 g/mol. The number of carbonyl (C=O) groups is 1. The third-order valence-electron chi connectivity index (χ3n) is 3.31. The molecule has 3 rings (SSSR count). The molecule has 1 N–H and O–H groups in total. The van der Waals surface area contributed by atoms with Crippen molar-refractivity contribution in [2.24, 2.45) is 7.05 Å². The predicted molar refractivity (Wildman–Crippen MR) is 87.9 cm³/mol. The Bertz CT molecular complexity index is 932. The van der Waals surface area contributed by atoms with E-state index >= 15 is 0 Å². The summed E-state index contributed by atoms with van der Waals surface area (Å²) in [6, 6.07) is 8.33. The number of benzene rings is 1. The smallest absolute Gasteiger partial charge is 0.283 e. The SMILES string of the molecule is Cc1sc(C(=O)Nc2cccc(-c3nnnn3C)c2)cc1[N+](=O)[O-]. The van der Waals surface area contributed by atoms with E-state index in [4.69, 9.17) is 0 Å². The van der Waals surface area contributed by atoms with Crippen LogP contribution in [0.3, 0.4) is 0 Å². The molecular weight excluding hydrogens is 332 g/mol. The highest BCUT2D eigenvalue weighted by Crippen LogP contribution is 2.29. The van der Waals surface area contributed by atoms with Crippen LogP contribution < -0.4 is 5.32 Å². The summed E-state index contributed by atoms with van der Waals surface area (Å²) in [6.45, 7) is 1.61. The Labute approximate surface area is 140 Å². The molecule has 0 aliphatic rings. The predicted octanol–water partition coefficient (Wildman–Crippen LogP) is 2.41. The van der Waals surface area contributed by atoms with Gasteiger partial charge in [0, 0.05) is 24.4 Å². The second-order valence-corrected chi connectivity index (χ2v) is 6.23. The second kappa shape index (κ2) is 6.16. The number of hydrogen-bond acceptors (Lipinski definition) is 7. The molecule has 0 fully saturated rings. The van der Waals surface area contributed by atoms with E-state index in [1.165, 1.54) is 10.7 Å². The molecule has 3 aromatic rings. The molecule has 10 heteroatoms. The Kier molecular flexibility index (Phi) is 4.04. The summed E-state index contributed by atoms with van der Waals surface area (Å²) in [4.78, 5) is 23.5. The molecular formula is C14H12N6O3S. The minimum absolute atomic E-state index is 0.0518. The van der Waals surface area contributed by atoms with Crippen LogP contribution in [0.15, 0.2) is 30.3 Å². The van der Waals surface area contributed by atoms with Gasteiger partial charge in [-0.15, -0.1) is 16.4 Å². The quantitative estimate of drug-likeness (QED) is 0.574. The van der Waals surface area contributed by atoms with Gasteiger partial charge >= 0.3 is 0 Å². The third-order valence-corrected chi connectivity index (χ3v) is 4.35. The van der Waals surface area contributed by atoms with Crippen molar-refractivity contribution in [1.29, 1.82) is 0 Å². The first-order valence-corrected chi connectivity index (χ1v) is 7.66. The highest BCUT2D eigenvalue weighted by Gasteiger charge is 2.19. The number of tetrazole rings is 1. The maximum absolute atomic E-state index is 12.3. The summed E-state index contributed by atoms with van der Waals surface area (Å²) in [5, 5.41) is 24.9. The Balaban J connectivity index is 1.84. The lowest BCUT2D eigenvalue weighted by atomic mass is 10.2. The summed E-state index contributed by atoms with van der Waals surface area (Å²) in [5.41, 5.74) is 1.24. The number of anilines is 1. The zero-order valence-corrected chi connectivity index (χ0v) is 13.6. The molecule has 0 aliphatic carbocycles. The number of hydrogen-bond donors (Lipinski definition) is 1. The molecule has 1 amide bonds. The van der Waals surface area contributed by atoms with Gasteiger partial charge in [0.1, 0.15) is 0 Å². The molecule has 2 aromatic heterocycles. The standard InChI is InChI=1S/C14H12N6O3S/c1-8-11(20(22)23)7-12(24-8)14(21)15-10-5-3-4-9(6-10)13-16-17-18-19(13)2/h3-7H,1-2H3,(H,15,21). The first-order valence-electron chi connectivity index (χ1n) is 6.84. The molecule has 0 saturated carbocycles. The lowest BCUT2D eigenvalue weighted by Crippen LogP contribution is -2.10. The molecule has 0 unspecified atom stereocenters. The highest BCUT2D eigenvalue weighted by atomic mass is 32.1. The van der Waals surface area contributed by atoms with Crippen LogP contribution >= 0.6 is 11.3 Å². The first-order chi connectivity index (χ1) is 11.5. The Hall–Kier alpha value is -3.14. The molecule has 122 valence electrons. The van der Waals surface area contributed by atoms with Crippen LogP contribution in [-0.4, -0.2) is 31.0 Å². The Morgan fingerprint density at radius 2 is 2.17 bits per heavy atom. The van der Waals surface area contributed by atoms with Gasteiger partial charge in [0.2, 0.25) is 0 Å². The number of nitrogens with zero attached hydrogens (tertiary/aromatic N) is 5. The molecule has 24 heavy (non-hydrogen) atoms. The van der Waals surface area contributed by atoms with E-state index in [2.05, 4.69) is 20.8 Å². The summed E-state index contributed by atoms with van der Waals surface area (Å²) in [7, 11) is 1.72. The van der Waals surface area contributed by atoms with Gasteiger partial charge in [-0.1, -0.05) is 12.1 Å². The number of nitro groups is 1. The van der Waals surface area contributed by atoms with E-state index in [0.717, 1.165) is 16.9 Å². The number of rotatable bonds is 4. The average Bonchev–Trinajstić information content (AvgIpc) is 3.13. The van der Waals surface area contributed by atoms with Crippen molar-refractivity contribution in [3.63, 3.8) is 0 Å². The van der Waals surface area contributed by atoms with Crippen molar-refractivity contribution in [2.45, 2.75) is 6.92 Å². The minimum atomic E-state index is -0.496. The number of amides is 1. The maximum Gasteiger partial charge on any atom is 0.283 e. The van der Waals surface area contributed by atoms with Crippen molar-refractivity contribution >= 4 is 28.6 Å². The third kappa shape index (κ3) is 2.99. The Morgan fingerprint density at radius 1 is 1.38 bits per heavy atom. The maximum atomic E-state index is 12.3. The molecule has 1 aromatic carbocycles. The molecule has 0 saturated heterocycles. The highest BCUT2D eigenvalue weighted by molar-refractivity contribution is 7.14. The van der Waals surface area contributed by atoms with Gasteiger partial charge in [-0.05, 0) is 29.5 Å². The fourth-order valence-electron chi connectivity index (χ4n) is 2.17. The zero-order chi connectivity index (χ0) is 17.3. The summed E-state index contributed by atoms with van der Waals surface area (Å²) >= 11 is 1.08. The van der Waals surface area contributed by atoms with Crippen molar-refractivity contribution in [2.75, 3.05) is 5.32 Å². The van der Waals surface area contributed by atoms with Crippen molar-refractivity contribution in [1.82, 2.24) is 20.2 Å². The molecule has 0 radical (unpaired) electrons. The lowest BCUT2D eigenvalue weighted by Gasteiger charge is -2.05. The normalized spacial score (nSPS) is 10.6. The van der Waals surface area contributed by atoms with Crippen molar-refractivity contribution in [3.05, 3.63) is 50.2 Å². The van der Waals surface area contributed by atoms with Crippen molar-refractivity contribution < 1.29 is 9.72 Å². The number of thiophene rings is 1. The number of aryl methyl sites for hydroxylation is 2. The molecule has 0 bridgehead atoms. The van der Waals surface area contributed by atoms with Crippen LogP contribution in [-0.2, 0) is 7.05 Å². The molecule has 0 atom stereocenters. The van der Waals surface area contributed by atoms with Gasteiger partial charge in [0.15, 0.2) is 5.82 Å². The van der Waals surface area contributed by atoms with E-state index in [1.54, 1.807) is 32.2 Å². The number of nitrogens with one attached hydrogen (secondary N) is 1. The van der Waals surface area contributed by atoms with E-state index in [-0.39, 0.29) is 10.6 Å². The van der Waals surface area contributed by atoms with Crippen molar-refractivity contribution in [3.8, 4) is 11.4 Å². The van der Waals surface area contributed by atoms with Gasteiger partial charge in [-0.3, -0.25) is 14.9 Å². The van der Waals surface area contributed by atoms with Gasteiger partial charge in [-0.2, -0.15) is 0 Å². The van der Waals surface area contributed by atoms with Crippen LogP contribution in [0.5, 0.6) is 0 Å². The first kappa shape index (κ1) is 15.7. The van der Waals surface area contributed by atoms with Crippen LogP contribution in [0.25, 0.3) is 11.4 Å². The van der Waals surface area contributed by atoms with E-state index in [9.17, 15) is 14.9 Å². The topological polar surface area (TPSA) is 116 Å².